The summed E-state index contributed by atoms with van der Waals surface area (Å²) >= 11 is 5.45. The molecule has 5 heteroatoms. The first-order valence-electron chi connectivity index (χ1n) is 4.31. The average molecular weight is 230 g/mol. The van der Waals surface area contributed by atoms with E-state index in [4.69, 9.17) is 11.6 Å². The van der Waals surface area contributed by atoms with Crippen molar-refractivity contribution in [3.05, 3.63) is 45.8 Å². The number of benzene rings is 1. The van der Waals surface area contributed by atoms with Crippen molar-refractivity contribution in [2.45, 2.75) is 6.42 Å². The molecule has 1 rings (SSSR count). The fourth-order valence-electron chi connectivity index (χ4n) is 1.06. The molecule has 0 fully saturated rings. The van der Waals surface area contributed by atoms with E-state index in [-0.39, 0.29) is 0 Å². The average Bonchev–Trinajstić information content (AvgIpc) is 2.17. The van der Waals surface area contributed by atoms with E-state index in [2.05, 4.69) is 0 Å². The zero-order chi connectivity index (χ0) is 11.3. The van der Waals surface area contributed by atoms with Crippen LogP contribution in [0, 0.1) is 15.9 Å². The van der Waals surface area contributed by atoms with Gasteiger partial charge in [-0.1, -0.05) is 12.2 Å². The maximum atomic E-state index is 13.1. The van der Waals surface area contributed by atoms with E-state index in [0.29, 0.717) is 17.9 Å². The fourth-order valence-corrected chi connectivity index (χ4v) is 1.18. The van der Waals surface area contributed by atoms with E-state index < -0.39 is 16.4 Å². The van der Waals surface area contributed by atoms with E-state index in [9.17, 15) is 14.5 Å². The smallest absolute Gasteiger partial charge is 0.258 e. The van der Waals surface area contributed by atoms with Gasteiger partial charge in [0.2, 0.25) is 5.82 Å². The molecule has 0 bridgehead atoms. The third-order valence-electron chi connectivity index (χ3n) is 1.75. The van der Waals surface area contributed by atoms with Crippen LogP contribution in [-0.2, 0) is 0 Å². The molecule has 0 radical (unpaired) electrons. The van der Waals surface area contributed by atoms with Crippen molar-refractivity contribution >= 4 is 23.4 Å². The van der Waals surface area contributed by atoms with Gasteiger partial charge in [-0.15, -0.1) is 11.6 Å². The highest BCUT2D eigenvalue weighted by Crippen LogP contribution is 2.18. The number of nitrogens with zero attached hydrogens (tertiary/aromatic N) is 1. The number of allylic oxidation sites excluding steroid dienone is 1. The largest absolute Gasteiger partial charge is 0.304 e. The van der Waals surface area contributed by atoms with Crippen LogP contribution in [0.5, 0.6) is 0 Å². The van der Waals surface area contributed by atoms with Crippen molar-refractivity contribution in [2.75, 3.05) is 5.88 Å². The molecule has 1 aromatic rings. The number of hydrogen-bond donors (Lipinski definition) is 0. The molecular weight excluding hydrogens is 221 g/mol. The van der Waals surface area contributed by atoms with Gasteiger partial charge in [-0.3, -0.25) is 10.1 Å². The Labute approximate surface area is 91.3 Å². The summed E-state index contributed by atoms with van der Waals surface area (Å²) in [6, 6.07) is 3.77. The summed E-state index contributed by atoms with van der Waals surface area (Å²) in [5, 5.41) is 10.3. The molecule has 0 aliphatic heterocycles. The van der Waals surface area contributed by atoms with Crippen LogP contribution in [0.3, 0.4) is 0 Å². The lowest BCUT2D eigenvalue weighted by molar-refractivity contribution is -0.387. The van der Waals surface area contributed by atoms with Crippen molar-refractivity contribution in [3.63, 3.8) is 0 Å². The standard InChI is InChI=1S/C10H9ClFNO2/c11-6-2-1-3-8-4-5-10(13(14)15)9(12)7-8/h1,3-5,7H,2,6H2. The number of nitro groups is 1. The molecule has 15 heavy (non-hydrogen) atoms. The Bertz CT molecular complexity index is 393. The van der Waals surface area contributed by atoms with E-state index >= 15 is 0 Å². The van der Waals surface area contributed by atoms with Crippen LogP contribution < -0.4 is 0 Å². The molecule has 3 nitrogen and oxygen atoms in total. The first-order chi connectivity index (χ1) is 7.15. The van der Waals surface area contributed by atoms with Crippen LogP contribution in [0.15, 0.2) is 24.3 Å². The van der Waals surface area contributed by atoms with Crippen LogP contribution in [-0.4, -0.2) is 10.8 Å². The fraction of sp³-hybridized carbons (Fsp3) is 0.200. The van der Waals surface area contributed by atoms with E-state index in [1.165, 1.54) is 6.07 Å². The summed E-state index contributed by atoms with van der Waals surface area (Å²) in [6.45, 7) is 0. The van der Waals surface area contributed by atoms with Gasteiger partial charge in [0, 0.05) is 11.9 Å². The Morgan fingerprint density at radius 1 is 1.53 bits per heavy atom. The van der Waals surface area contributed by atoms with Gasteiger partial charge in [0.25, 0.3) is 0 Å². The third kappa shape index (κ3) is 3.32. The van der Waals surface area contributed by atoms with Crippen LogP contribution in [0.2, 0.25) is 0 Å². The normalized spacial score (nSPS) is 10.8. The molecule has 0 aromatic heterocycles. The molecule has 0 atom stereocenters. The van der Waals surface area contributed by atoms with Gasteiger partial charge in [-0.05, 0) is 24.1 Å². The summed E-state index contributed by atoms with van der Waals surface area (Å²) in [4.78, 5) is 9.58. The van der Waals surface area contributed by atoms with Crippen molar-refractivity contribution in [1.82, 2.24) is 0 Å². The highest BCUT2D eigenvalue weighted by Gasteiger charge is 2.12. The maximum Gasteiger partial charge on any atom is 0.304 e. The predicted octanol–water partition coefficient (Wildman–Crippen LogP) is 3.38. The second-order valence-corrected chi connectivity index (χ2v) is 3.23. The Morgan fingerprint density at radius 3 is 2.80 bits per heavy atom. The molecule has 0 saturated heterocycles. The Hall–Kier alpha value is -1.42. The summed E-state index contributed by atoms with van der Waals surface area (Å²) in [5.41, 5.74) is 0.0766. The highest BCUT2D eigenvalue weighted by molar-refractivity contribution is 6.17. The van der Waals surface area contributed by atoms with Crippen LogP contribution in [0.4, 0.5) is 10.1 Å². The molecule has 1 aromatic carbocycles. The Balaban J connectivity index is 2.87. The quantitative estimate of drug-likeness (QED) is 0.451. The minimum atomic E-state index is -0.826. The predicted molar refractivity (Wildman–Crippen MR) is 57.4 cm³/mol. The molecule has 0 N–H and O–H groups in total. The first-order valence-corrected chi connectivity index (χ1v) is 4.85. The minimum absolute atomic E-state index is 0.492. The number of halogens is 2. The molecule has 0 heterocycles. The number of alkyl halides is 1. The summed E-state index contributed by atoms with van der Waals surface area (Å²) in [6.07, 6.45) is 4.14. The van der Waals surface area contributed by atoms with E-state index in [1.54, 1.807) is 12.2 Å². The molecule has 0 unspecified atom stereocenters. The maximum absolute atomic E-state index is 13.1. The first kappa shape index (κ1) is 11.7. The number of hydrogen-bond acceptors (Lipinski definition) is 2. The topological polar surface area (TPSA) is 43.1 Å². The van der Waals surface area contributed by atoms with Crippen LogP contribution in [0.1, 0.15) is 12.0 Å². The molecule has 80 valence electrons. The summed E-state index contributed by atoms with van der Waals surface area (Å²) < 4.78 is 13.1. The Morgan fingerprint density at radius 2 is 2.27 bits per heavy atom. The lowest BCUT2D eigenvalue weighted by Crippen LogP contribution is -1.92. The lowest BCUT2D eigenvalue weighted by atomic mass is 10.2. The van der Waals surface area contributed by atoms with Crippen molar-refractivity contribution in [1.29, 1.82) is 0 Å². The number of rotatable bonds is 4. The molecule has 0 amide bonds. The van der Waals surface area contributed by atoms with Crippen molar-refractivity contribution < 1.29 is 9.31 Å². The Kier molecular flexibility index (Phi) is 4.24. The molecule has 0 aliphatic carbocycles. The van der Waals surface area contributed by atoms with Gasteiger partial charge in [0.1, 0.15) is 0 Å². The van der Waals surface area contributed by atoms with Gasteiger partial charge in [0.15, 0.2) is 0 Å². The highest BCUT2D eigenvalue weighted by atomic mass is 35.5. The summed E-state index contributed by atoms with van der Waals surface area (Å²) in [7, 11) is 0. The van der Waals surface area contributed by atoms with E-state index in [0.717, 1.165) is 12.1 Å². The molecular formula is C10H9ClFNO2. The van der Waals surface area contributed by atoms with Crippen LogP contribution >= 0.6 is 11.6 Å². The van der Waals surface area contributed by atoms with E-state index in [1.807, 2.05) is 0 Å². The van der Waals surface area contributed by atoms with Gasteiger partial charge < -0.3 is 0 Å². The van der Waals surface area contributed by atoms with Crippen molar-refractivity contribution in [2.24, 2.45) is 0 Å². The zero-order valence-corrected chi connectivity index (χ0v) is 8.58. The molecule has 0 aliphatic rings. The van der Waals surface area contributed by atoms with Gasteiger partial charge in [0.05, 0.1) is 4.92 Å². The minimum Gasteiger partial charge on any atom is -0.258 e. The summed E-state index contributed by atoms with van der Waals surface area (Å²) in [5.74, 6) is -0.334. The second-order valence-electron chi connectivity index (χ2n) is 2.85. The zero-order valence-electron chi connectivity index (χ0n) is 7.82. The second kappa shape index (κ2) is 5.46. The third-order valence-corrected chi connectivity index (χ3v) is 1.97. The lowest BCUT2D eigenvalue weighted by Gasteiger charge is -1.95. The van der Waals surface area contributed by atoms with Gasteiger partial charge in [-0.25, -0.2) is 0 Å². The number of nitro benzene ring substituents is 1. The molecule has 0 saturated carbocycles. The molecule has 0 spiro atoms. The van der Waals surface area contributed by atoms with Crippen molar-refractivity contribution in [3.8, 4) is 0 Å². The van der Waals surface area contributed by atoms with Crippen LogP contribution in [0.25, 0.3) is 6.08 Å². The SMILES string of the molecule is O=[N+]([O-])c1ccc(C=CCCCl)cc1F. The van der Waals surface area contributed by atoms with Gasteiger partial charge in [-0.2, -0.15) is 4.39 Å². The monoisotopic (exact) mass is 229 g/mol. The van der Waals surface area contributed by atoms with Gasteiger partial charge >= 0.3 is 5.69 Å².